The molecule has 0 aliphatic heterocycles. The molecule has 150 valence electrons. The molecule has 2 rings (SSSR count). The maximum absolute atomic E-state index is 12.6. The Morgan fingerprint density at radius 1 is 1.41 bits per heavy atom. The number of ether oxygens (including phenoxy) is 2. The quantitative estimate of drug-likeness (QED) is 0.560. The largest absolute Gasteiger partial charge is 0.460 e. The Labute approximate surface area is 165 Å². The highest BCUT2D eigenvalue weighted by molar-refractivity contribution is 7.79. The molecule has 2 N–H and O–H groups in total. The van der Waals surface area contributed by atoms with Gasteiger partial charge in [-0.2, -0.15) is 4.98 Å². The molecule has 1 heterocycles. The molecular formula is C19H29N3O4S. The number of hydrogen-bond donors (Lipinski definition) is 1. The fraction of sp³-hybridized carbons (Fsp3) is 0.684. The standard InChI is InChI=1S/C19H29N3O4S/c1-11(2)14-6-5-12(3)9-15(14)26-18(23)13(4)25-17(10-27)22-8-7-16(20)21-19(22)24/h7-8,10-15,17H,5-6,9H2,1-4H3,(H2,20,21,24)/t12-,13?,14+,15-,17?/m1/s1. The van der Waals surface area contributed by atoms with Crippen LogP contribution in [0.2, 0.25) is 0 Å². The Balaban J connectivity index is 2.04. The summed E-state index contributed by atoms with van der Waals surface area (Å²) in [7, 11) is 0. The number of nitrogens with two attached hydrogens (primary N) is 1. The highest BCUT2D eigenvalue weighted by Crippen LogP contribution is 2.35. The molecule has 0 radical (unpaired) electrons. The molecule has 1 fully saturated rings. The van der Waals surface area contributed by atoms with Gasteiger partial charge < -0.3 is 15.2 Å². The number of aromatic nitrogens is 2. The Morgan fingerprint density at radius 2 is 2.11 bits per heavy atom. The molecule has 5 atom stereocenters. The van der Waals surface area contributed by atoms with Gasteiger partial charge in [0.25, 0.3) is 0 Å². The lowest BCUT2D eigenvalue weighted by atomic mass is 9.75. The lowest BCUT2D eigenvalue weighted by Crippen LogP contribution is -2.39. The van der Waals surface area contributed by atoms with Crippen molar-refractivity contribution in [2.24, 2.45) is 17.8 Å². The number of thiocarbonyl (C=S) groups is 1. The fourth-order valence-corrected chi connectivity index (χ4v) is 3.74. The molecule has 1 aliphatic carbocycles. The number of hydrogen-bond acceptors (Lipinski definition) is 7. The molecular weight excluding hydrogens is 366 g/mol. The van der Waals surface area contributed by atoms with E-state index in [4.69, 9.17) is 27.4 Å². The Kier molecular flexibility index (Phi) is 7.49. The third kappa shape index (κ3) is 5.59. The van der Waals surface area contributed by atoms with Crippen LogP contribution in [0, 0.1) is 17.8 Å². The van der Waals surface area contributed by atoms with Crippen molar-refractivity contribution in [3.8, 4) is 0 Å². The van der Waals surface area contributed by atoms with Gasteiger partial charge in [-0.3, -0.25) is 4.57 Å². The van der Waals surface area contributed by atoms with Crippen LogP contribution in [0.15, 0.2) is 17.1 Å². The van der Waals surface area contributed by atoms with Crippen molar-refractivity contribution < 1.29 is 14.3 Å². The maximum Gasteiger partial charge on any atom is 0.351 e. The zero-order chi connectivity index (χ0) is 20.1. The number of carbonyl (C=O) groups is 1. The molecule has 27 heavy (non-hydrogen) atoms. The third-order valence-corrected chi connectivity index (χ3v) is 5.38. The fourth-order valence-electron chi connectivity index (χ4n) is 3.54. The second-order valence-corrected chi connectivity index (χ2v) is 7.92. The van der Waals surface area contributed by atoms with Crippen LogP contribution in [-0.2, 0) is 14.3 Å². The van der Waals surface area contributed by atoms with E-state index >= 15 is 0 Å². The minimum Gasteiger partial charge on any atom is -0.460 e. The number of carbonyl (C=O) groups excluding carboxylic acids is 1. The van der Waals surface area contributed by atoms with Crippen molar-refractivity contribution in [3.63, 3.8) is 0 Å². The van der Waals surface area contributed by atoms with E-state index in [1.807, 2.05) is 0 Å². The summed E-state index contributed by atoms with van der Waals surface area (Å²) in [6.07, 6.45) is 2.62. The Morgan fingerprint density at radius 3 is 2.70 bits per heavy atom. The van der Waals surface area contributed by atoms with E-state index in [2.05, 4.69) is 25.8 Å². The Hall–Kier alpha value is -1.80. The van der Waals surface area contributed by atoms with Crippen LogP contribution in [0.4, 0.5) is 5.82 Å². The van der Waals surface area contributed by atoms with Crippen LogP contribution < -0.4 is 11.4 Å². The zero-order valence-corrected chi connectivity index (χ0v) is 17.1. The van der Waals surface area contributed by atoms with Gasteiger partial charge in [-0.1, -0.05) is 39.4 Å². The van der Waals surface area contributed by atoms with Crippen LogP contribution >= 0.6 is 12.2 Å². The molecule has 8 heteroatoms. The molecule has 0 saturated heterocycles. The van der Waals surface area contributed by atoms with Gasteiger partial charge in [0.15, 0.2) is 12.3 Å². The highest BCUT2D eigenvalue weighted by atomic mass is 32.1. The van der Waals surface area contributed by atoms with E-state index in [1.54, 1.807) is 6.92 Å². The summed E-state index contributed by atoms with van der Waals surface area (Å²) in [5, 5.41) is 1.27. The van der Waals surface area contributed by atoms with Crippen molar-refractivity contribution in [2.45, 2.75) is 65.4 Å². The second kappa shape index (κ2) is 9.41. The predicted octanol–water partition coefficient (Wildman–Crippen LogP) is 2.73. The topological polar surface area (TPSA) is 96.4 Å². The van der Waals surface area contributed by atoms with Crippen LogP contribution in [0.5, 0.6) is 0 Å². The van der Waals surface area contributed by atoms with Gasteiger partial charge in [-0.25, -0.2) is 9.59 Å². The van der Waals surface area contributed by atoms with Gasteiger partial charge in [0.1, 0.15) is 11.9 Å². The van der Waals surface area contributed by atoms with Crippen molar-refractivity contribution in [2.75, 3.05) is 5.73 Å². The van der Waals surface area contributed by atoms with Gasteiger partial charge in [0.2, 0.25) is 0 Å². The van der Waals surface area contributed by atoms with Gasteiger partial charge in [0.05, 0.1) is 0 Å². The average molecular weight is 396 g/mol. The Bertz CT molecular complexity index is 721. The SMILES string of the molecule is CC(OC(C=S)n1ccc(N)nc1=O)C(=O)O[C@@H]1C[C@H](C)CC[C@H]1C(C)C. The first-order valence-electron chi connectivity index (χ1n) is 9.38. The minimum absolute atomic E-state index is 0.109. The summed E-state index contributed by atoms with van der Waals surface area (Å²) in [4.78, 5) is 28.2. The minimum atomic E-state index is -0.908. The first-order chi connectivity index (χ1) is 12.7. The zero-order valence-electron chi connectivity index (χ0n) is 16.3. The monoisotopic (exact) mass is 395 g/mol. The summed E-state index contributed by atoms with van der Waals surface area (Å²) < 4.78 is 12.7. The summed E-state index contributed by atoms with van der Waals surface area (Å²) in [6, 6.07) is 1.47. The molecule has 0 spiro atoms. The van der Waals surface area contributed by atoms with E-state index in [0.29, 0.717) is 17.8 Å². The van der Waals surface area contributed by atoms with Crippen LogP contribution in [0.25, 0.3) is 0 Å². The first kappa shape index (κ1) is 21.5. The van der Waals surface area contributed by atoms with Gasteiger partial charge in [0, 0.05) is 11.6 Å². The molecule has 7 nitrogen and oxygen atoms in total. The van der Waals surface area contributed by atoms with Gasteiger partial charge in [-0.15, -0.1) is 0 Å². The molecule has 0 aromatic carbocycles. The smallest absolute Gasteiger partial charge is 0.351 e. The van der Waals surface area contributed by atoms with Crippen molar-refractivity contribution in [1.29, 1.82) is 0 Å². The number of nitrogens with zero attached hydrogens (tertiary/aromatic N) is 2. The van der Waals surface area contributed by atoms with E-state index in [9.17, 15) is 9.59 Å². The van der Waals surface area contributed by atoms with Crippen LogP contribution in [0.1, 0.15) is 53.2 Å². The predicted molar refractivity (Wildman–Crippen MR) is 107 cm³/mol. The normalized spacial score (nSPS) is 25.0. The molecule has 1 aliphatic rings. The molecule has 2 unspecified atom stereocenters. The number of nitrogen functional groups attached to an aromatic ring is 1. The third-order valence-electron chi connectivity index (χ3n) is 5.15. The van der Waals surface area contributed by atoms with E-state index in [1.165, 1.54) is 22.2 Å². The second-order valence-electron chi connectivity index (χ2n) is 7.65. The van der Waals surface area contributed by atoms with Crippen molar-refractivity contribution in [3.05, 3.63) is 22.7 Å². The average Bonchev–Trinajstić information content (AvgIpc) is 2.59. The van der Waals surface area contributed by atoms with Crippen molar-refractivity contribution >= 4 is 29.4 Å². The van der Waals surface area contributed by atoms with Crippen LogP contribution in [-0.4, -0.2) is 33.1 Å². The number of esters is 1. The summed E-state index contributed by atoms with van der Waals surface area (Å²) in [6.45, 7) is 8.09. The molecule has 0 amide bonds. The number of rotatable bonds is 7. The molecule has 1 aromatic rings. The van der Waals surface area contributed by atoms with E-state index in [-0.39, 0.29) is 11.9 Å². The maximum atomic E-state index is 12.6. The summed E-state index contributed by atoms with van der Waals surface area (Å²) >= 11 is 4.96. The highest BCUT2D eigenvalue weighted by Gasteiger charge is 2.34. The summed E-state index contributed by atoms with van der Waals surface area (Å²) in [5.74, 6) is 0.987. The van der Waals surface area contributed by atoms with Gasteiger partial charge >= 0.3 is 11.7 Å². The van der Waals surface area contributed by atoms with E-state index in [0.717, 1.165) is 19.3 Å². The lowest BCUT2D eigenvalue weighted by molar-refractivity contribution is -0.171. The van der Waals surface area contributed by atoms with Crippen molar-refractivity contribution in [1.82, 2.24) is 9.55 Å². The van der Waals surface area contributed by atoms with Gasteiger partial charge in [-0.05, 0) is 43.6 Å². The molecule has 0 bridgehead atoms. The number of anilines is 1. The molecule has 1 aromatic heterocycles. The molecule has 1 saturated carbocycles. The summed E-state index contributed by atoms with van der Waals surface area (Å²) in [5.41, 5.74) is 4.90. The van der Waals surface area contributed by atoms with Crippen LogP contribution in [0.3, 0.4) is 0 Å². The van der Waals surface area contributed by atoms with E-state index < -0.39 is 24.0 Å². The first-order valence-corrected chi connectivity index (χ1v) is 9.86. The lowest BCUT2D eigenvalue weighted by Gasteiger charge is -2.37.